The van der Waals surface area contributed by atoms with Gasteiger partial charge in [0, 0.05) is 25.2 Å². The van der Waals surface area contributed by atoms with Gasteiger partial charge in [-0.15, -0.1) is 0 Å². The lowest BCUT2D eigenvalue weighted by Gasteiger charge is -2.23. The van der Waals surface area contributed by atoms with Crippen molar-refractivity contribution in [3.05, 3.63) is 71.8 Å². The van der Waals surface area contributed by atoms with Gasteiger partial charge in [0.1, 0.15) is 0 Å². The van der Waals surface area contributed by atoms with Crippen LogP contribution in [0.5, 0.6) is 0 Å². The van der Waals surface area contributed by atoms with Crippen molar-refractivity contribution in [3.8, 4) is 0 Å². The fourth-order valence-corrected chi connectivity index (χ4v) is 2.97. The van der Waals surface area contributed by atoms with Crippen molar-refractivity contribution in [2.75, 3.05) is 14.1 Å². The molecule has 0 N–H and O–H groups in total. The molecule has 0 radical (unpaired) electrons. The molecule has 0 saturated carbocycles. The highest BCUT2D eigenvalue weighted by Gasteiger charge is 2.28. The minimum atomic E-state index is 0.288. The van der Waals surface area contributed by atoms with E-state index >= 15 is 0 Å². The van der Waals surface area contributed by atoms with Gasteiger partial charge in [-0.1, -0.05) is 60.7 Å². The first-order chi connectivity index (χ1) is 12.9. The van der Waals surface area contributed by atoms with Gasteiger partial charge < -0.3 is 4.90 Å². The predicted octanol–water partition coefficient (Wildman–Crippen LogP) is 3.66. The van der Waals surface area contributed by atoms with Gasteiger partial charge in [0.2, 0.25) is 5.71 Å². The molecule has 0 spiro atoms. The summed E-state index contributed by atoms with van der Waals surface area (Å²) >= 11 is 0. The Balaban J connectivity index is 2.78. The van der Waals surface area contributed by atoms with Gasteiger partial charge in [-0.05, 0) is 32.7 Å². The molecule has 0 unspecified atom stereocenters. The molecule has 0 aromatic heterocycles. The Morgan fingerprint density at radius 3 is 1.63 bits per heavy atom. The van der Waals surface area contributed by atoms with Crippen molar-refractivity contribution in [2.45, 2.75) is 39.8 Å². The normalized spacial score (nSPS) is 11.0. The van der Waals surface area contributed by atoms with Crippen LogP contribution in [0, 0.1) is 0 Å². The molecule has 0 aliphatic rings. The Kier molecular flexibility index (Phi) is 7.39. The number of rotatable bonds is 5. The zero-order valence-corrected chi connectivity index (χ0v) is 17.3. The van der Waals surface area contributed by atoms with E-state index in [9.17, 15) is 0 Å². The summed E-state index contributed by atoms with van der Waals surface area (Å²) in [5.41, 5.74) is 3.08. The summed E-state index contributed by atoms with van der Waals surface area (Å²) in [6, 6.07) is 21.2. The number of nitrogens with zero attached hydrogens (tertiary/aromatic N) is 4. The first-order valence-corrected chi connectivity index (χ1v) is 9.45. The lowest BCUT2D eigenvalue weighted by atomic mass is 10.0. The van der Waals surface area contributed by atoms with Gasteiger partial charge in [-0.25, -0.2) is 9.57 Å². The number of hydrogen-bond acceptors (Lipinski definition) is 0. The minimum Gasteiger partial charge on any atom is -0.355 e. The molecule has 0 heterocycles. The van der Waals surface area contributed by atoms with Crippen LogP contribution in [0.3, 0.4) is 0 Å². The molecule has 0 aliphatic carbocycles. The van der Waals surface area contributed by atoms with Crippen molar-refractivity contribution >= 4 is 18.0 Å². The summed E-state index contributed by atoms with van der Waals surface area (Å²) < 4.78 is 5.07. The quantitative estimate of drug-likeness (QED) is 0.461. The SMILES string of the molecule is CC(C)N(C(/N=C/N(C)C)=[N+]=C(c1ccccc1)c1ccccc1)C(C)C. The van der Waals surface area contributed by atoms with Crippen LogP contribution in [0.2, 0.25) is 0 Å². The van der Waals surface area contributed by atoms with E-state index < -0.39 is 0 Å². The standard InChI is InChI=1S/C23H31N4/c1-18(2)27(19(3)4)23(24-17-26(5)6)25-22(20-13-9-7-10-14-20)21-15-11-8-12-16-21/h7-19H,1-6H3/q+1. The molecule has 4 nitrogen and oxygen atoms in total. The third kappa shape index (κ3) is 5.83. The fraction of sp³-hybridized carbons (Fsp3) is 0.348. The molecule has 0 bridgehead atoms. The van der Waals surface area contributed by atoms with Crippen LogP contribution in [0.1, 0.15) is 38.8 Å². The molecule has 27 heavy (non-hydrogen) atoms. The highest BCUT2D eigenvalue weighted by molar-refractivity contribution is 6.14. The molecule has 142 valence electrons. The van der Waals surface area contributed by atoms with Crippen LogP contribution in [0.4, 0.5) is 0 Å². The zero-order valence-electron chi connectivity index (χ0n) is 17.3. The minimum absolute atomic E-state index is 0.288. The second kappa shape index (κ2) is 9.75. The highest BCUT2D eigenvalue weighted by Crippen LogP contribution is 2.10. The largest absolute Gasteiger partial charge is 0.484 e. The first kappa shape index (κ1) is 20.5. The van der Waals surface area contributed by atoms with Gasteiger partial charge >= 0.3 is 5.96 Å². The first-order valence-electron chi connectivity index (χ1n) is 9.45. The summed E-state index contributed by atoms with van der Waals surface area (Å²) in [7, 11) is 3.93. The van der Waals surface area contributed by atoms with Crippen LogP contribution in [-0.2, 0) is 0 Å². The molecular formula is C23H31N4+. The molecule has 0 aliphatic heterocycles. The smallest absolute Gasteiger partial charge is 0.355 e. The Bertz CT molecular complexity index is 749. The number of aliphatic imine (C=N–C) groups is 1. The molecule has 2 aromatic carbocycles. The van der Waals surface area contributed by atoms with Crippen LogP contribution < -0.4 is 4.67 Å². The average molecular weight is 364 g/mol. The summed E-state index contributed by atoms with van der Waals surface area (Å²) in [5, 5.41) is 0. The van der Waals surface area contributed by atoms with E-state index in [0.717, 1.165) is 22.8 Å². The summed E-state index contributed by atoms with van der Waals surface area (Å²) in [5.74, 6) is 0.719. The monoisotopic (exact) mass is 363 g/mol. The van der Waals surface area contributed by atoms with Crippen LogP contribution in [-0.4, -0.2) is 54.0 Å². The lowest BCUT2D eigenvalue weighted by Crippen LogP contribution is -2.43. The topological polar surface area (TPSA) is 32.9 Å². The number of hydrogen-bond donors (Lipinski definition) is 0. The van der Waals surface area contributed by atoms with E-state index in [1.807, 2.05) is 61.7 Å². The third-order valence-electron chi connectivity index (χ3n) is 4.05. The van der Waals surface area contributed by atoms with Gasteiger partial charge in [-0.2, -0.15) is 0 Å². The molecule has 2 rings (SSSR count). The maximum Gasteiger partial charge on any atom is 0.484 e. The Morgan fingerprint density at radius 1 is 0.815 bits per heavy atom. The van der Waals surface area contributed by atoms with Crippen LogP contribution in [0.25, 0.3) is 0 Å². The van der Waals surface area contributed by atoms with E-state index in [4.69, 9.17) is 9.66 Å². The molecule has 2 aromatic rings. The summed E-state index contributed by atoms with van der Waals surface area (Å²) in [6.07, 6.45) is 1.81. The molecule has 0 amide bonds. The van der Waals surface area contributed by atoms with Gasteiger partial charge in [0.25, 0.3) is 0 Å². The second-order valence-electron chi connectivity index (χ2n) is 7.30. The predicted molar refractivity (Wildman–Crippen MR) is 118 cm³/mol. The molecule has 0 saturated heterocycles. The van der Waals surface area contributed by atoms with Gasteiger partial charge in [-0.3, -0.25) is 0 Å². The van der Waals surface area contributed by atoms with E-state index in [2.05, 4.69) is 56.9 Å². The third-order valence-corrected chi connectivity index (χ3v) is 4.05. The number of benzene rings is 2. The van der Waals surface area contributed by atoms with Gasteiger partial charge in [0.15, 0.2) is 6.34 Å². The Hall–Kier alpha value is -2.84. The van der Waals surface area contributed by atoms with Crippen molar-refractivity contribution < 1.29 is 0 Å². The Labute approximate surface area is 163 Å². The van der Waals surface area contributed by atoms with Crippen molar-refractivity contribution in [1.82, 2.24) is 14.5 Å². The van der Waals surface area contributed by atoms with E-state index in [-0.39, 0.29) is 12.1 Å². The second-order valence-corrected chi connectivity index (χ2v) is 7.30. The Morgan fingerprint density at radius 2 is 1.26 bits per heavy atom. The van der Waals surface area contributed by atoms with Crippen LogP contribution in [0.15, 0.2) is 65.7 Å². The van der Waals surface area contributed by atoms with E-state index in [1.165, 1.54) is 0 Å². The van der Waals surface area contributed by atoms with Gasteiger partial charge in [0.05, 0.1) is 12.1 Å². The molecule has 4 heteroatoms. The maximum absolute atomic E-state index is 5.07. The highest BCUT2D eigenvalue weighted by atomic mass is 15.3. The average Bonchev–Trinajstić information content (AvgIpc) is 2.64. The molecule has 0 atom stereocenters. The van der Waals surface area contributed by atoms with E-state index in [0.29, 0.717) is 0 Å². The maximum atomic E-state index is 5.07. The summed E-state index contributed by atoms with van der Waals surface area (Å²) in [4.78, 5) is 8.88. The summed E-state index contributed by atoms with van der Waals surface area (Å²) in [6.45, 7) is 8.69. The fourth-order valence-electron chi connectivity index (χ4n) is 2.97. The van der Waals surface area contributed by atoms with Crippen molar-refractivity contribution in [3.63, 3.8) is 0 Å². The van der Waals surface area contributed by atoms with E-state index in [1.54, 1.807) is 0 Å². The lowest BCUT2D eigenvalue weighted by molar-refractivity contribution is 0.288. The van der Waals surface area contributed by atoms with Crippen LogP contribution >= 0.6 is 0 Å². The molecular weight excluding hydrogens is 332 g/mol. The zero-order chi connectivity index (χ0) is 19.8. The van der Waals surface area contributed by atoms with Crippen molar-refractivity contribution in [2.24, 2.45) is 4.99 Å². The number of guanidine groups is 1. The molecule has 0 fully saturated rings. The van der Waals surface area contributed by atoms with Crippen molar-refractivity contribution in [1.29, 1.82) is 0 Å².